The molecule has 12 heteroatoms. The molecule has 0 radical (unpaired) electrons. The molecule has 260 valence electrons. The van der Waals surface area contributed by atoms with Crippen LogP contribution in [-0.4, -0.2) is 31.1 Å². The van der Waals surface area contributed by atoms with Crippen LogP contribution in [0.25, 0.3) is 67.1 Å². The van der Waals surface area contributed by atoms with Gasteiger partial charge in [-0.2, -0.15) is 9.36 Å². The highest BCUT2D eigenvalue weighted by Gasteiger charge is 2.19. The van der Waals surface area contributed by atoms with Gasteiger partial charge in [-0.15, -0.1) is 0 Å². The summed E-state index contributed by atoms with van der Waals surface area (Å²) in [5.41, 5.74) is 7.70. The van der Waals surface area contributed by atoms with E-state index in [4.69, 9.17) is 25.0 Å². The van der Waals surface area contributed by atoms with Crippen molar-refractivity contribution in [1.82, 2.24) is 19.5 Å². The Morgan fingerprint density at radius 3 is 2.08 bits per heavy atom. The number of benzene rings is 4. The largest absolute Gasteiger partial charge is 0.452 e. The Kier molecular flexibility index (Phi) is 9.16. The summed E-state index contributed by atoms with van der Waals surface area (Å²) in [5.74, 6) is 1.42. The molecule has 8 aromatic rings. The fraction of sp³-hybridized carbons (Fsp3) is 0.150. The first-order valence-corrected chi connectivity index (χ1v) is 17.3. The quantitative estimate of drug-likeness (QED) is 0.154. The number of furan rings is 2. The highest BCUT2D eigenvalue weighted by molar-refractivity contribution is 7.09. The zero-order chi connectivity index (χ0) is 36.8. The Labute approximate surface area is 306 Å². The maximum absolute atomic E-state index is 14.1. The van der Waals surface area contributed by atoms with Gasteiger partial charge in [0.05, 0.1) is 5.56 Å². The number of aryl methyl sites for hydroxylation is 4. The number of Topliss-reactive ketones (excluding diaryl/α,β-unsaturated/α-hetero) is 2. The van der Waals surface area contributed by atoms with Crippen molar-refractivity contribution < 1.29 is 27.3 Å². The summed E-state index contributed by atoms with van der Waals surface area (Å²) in [5, 5.41) is 7.24. The van der Waals surface area contributed by atoms with E-state index in [1.165, 1.54) is 37.5 Å². The van der Waals surface area contributed by atoms with E-state index >= 15 is 0 Å². The van der Waals surface area contributed by atoms with Gasteiger partial charge in [-0.1, -0.05) is 59.2 Å². The molecule has 8 rings (SSSR count). The van der Waals surface area contributed by atoms with E-state index < -0.39 is 5.82 Å². The molecule has 9 nitrogen and oxygen atoms in total. The summed E-state index contributed by atoms with van der Waals surface area (Å²) in [4.78, 5) is 31.6. The van der Waals surface area contributed by atoms with E-state index in [0.29, 0.717) is 50.2 Å². The maximum atomic E-state index is 14.1. The molecule has 0 spiro atoms. The third kappa shape index (κ3) is 6.56. The van der Waals surface area contributed by atoms with Crippen molar-refractivity contribution in [3.63, 3.8) is 0 Å². The van der Waals surface area contributed by atoms with E-state index in [0.717, 1.165) is 49.8 Å². The Bertz CT molecular complexity index is 2630. The molecule has 4 aromatic carbocycles. The summed E-state index contributed by atoms with van der Waals surface area (Å²) in [7, 11) is 0. The lowest BCUT2D eigenvalue weighted by molar-refractivity contribution is 0.100. The van der Waals surface area contributed by atoms with Gasteiger partial charge in [-0.05, 0) is 106 Å². The van der Waals surface area contributed by atoms with Crippen LogP contribution in [0.5, 0.6) is 0 Å². The van der Waals surface area contributed by atoms with Crippen LogP contribution in [0.3, 0.4) is 0 Å². The van der Waals surface area contributed by atoms with Crippen molar-refractivity contribution in [1.29, 1.82) is 0 Å². The number of carbonyl (C=O) groups is 2. The predicted octanol–water partition coefficient (Wildman–Crippen LogP) is 11.2. The number of nitrogens with zero attached hydrogens (tertiary/aromatic N) is 4. The predicted molar refractivity (Wildman–Crippen MR) is 199 cm³/mol. The molecular formula is C40H30ClFN4O5S. The van der Waals surface area contributed by atoms with Crippen molar-refractivity contribution in [2.24, 2.45) is 0 Å². The van der Waals surface area contributed by atoms with Crippen LogP contribution in [0.1, 0.15) is 56.8 Å². The van der Waals surface area contributed by atoms with Crippen LogP contribution >= 0.6 is 23.1 Å². The van der Waals surface area contributed by atoms with Crippen molar-refractivity contribution in [3.05, 3.63) is 117 Å². The molecular weight excluding hydrogens is 703 g/mol. The second-order valence-corrected chi connectivity index (χ2v) is 13.6. The van der Waals surface area contributed by atoms with Gasteiger partial charge >= 0.3 is 0 Å². The van der Waals surface area contributed by atoms with Gasteiger partial charge in [-0.25, -0.2) is 9.37 Å². The van der Waals surface area contributed by atoms with Gasteiger partial charge in [-0.3, -0.25) is 9.59 Å². The molecule has 52 heavy (non-hydrogen) atoms. The monoisotopic (exact) mass is 732 g/mol. The van der Waals surface area contributed by atoms with E-state index in [-0.39, 0.29) is 17.1 Å². The minimum absolute atomic E-state index is 0.0111. The molecule has 0 aliphatic heterocycles. The molecule has 0 atom stereocenters. The molecule has 0 amide bonds. The lowest BCUT2D eigenvalue weighted by Gasteiger charge is -2.01. The number of fused-ring (bicyclic) bond motifs is 2. The lowest BCUT2D eigenvalue weighted by atomic mass is 10.1. The lowest BCUT2D eigenvalue weighted by Crippen LogP contribution is -1.96. The van der Waals surface area contributed by atoms with Gasteiger partial charge in [0, 0.05) is 32.5 Å². The Morgan fingerprint density at radius 2 is 1.38 bits per heavy atom. The molecule has 0 aliphatic carbocycles. The Hall–Kier alpha value is -5.78. The molecule has 0 saturated carbocycles. The van der Waals surface area contributed by atoms with Crippen molar-refractivity contribution >= 4 is 56.6 Å². The van der Waals surface area contributed by atoms with E-state index in [2.05, 4.69) is 25.6 Å². The SMILES string of the molecule is CC(=O)c1ccc(-c2nc(-c3cc4c(C)ccc(C)c4o3)ns2)cc1F.CC(=O)c1ccc(-c2noc(-c3cc4c(C)c(Cl)cc(C)c4o3)n2)cc1. The third-order valence-corrected chi connectivity index (χ3v) is 9.88. The molecule has 0 N–H and O–H groups in total. The second kappa shape index (κ2) is 13.7. The molecule has 0 fully saturated rings. The Morgan fingerprint density at radius 1 is 0.712 bits per heavy atom. The zero-order valence-electron chi connectivity index (χ0n) is 28.9. The highest BCUT2D eigenvalue weighted by atomic mass is 35.5. The first-order chi connectivity index (χ1) is 24.9. The first kappa shape index (κ1) is 34.7. The summed E-state index contributed by atoms with van der Waals surface area (Å²) in [6.45, 7) is 10.8. The number of halogens is 2. The first-order valence-electron chi connectivity index (χ1n) is 16.2. The summed E-state index contributed by atoms with van der Waals surface area (Å²) in [6, 6.07) is 21.3. The minimum Gasteiger partial charge on any atom is -0.452 e. The smallest absolute Gasteiger partial charge is 0.293 e. The van der Waals surface area contributed by atoms with Crippen LogP contribution in [0, 0.1) is 33.5 Å². The van der Waals surface area contributed by atoms with Gasteiger partial charge < -0.3 is 13.4 Å². The number of hydrogen-bond donors (Lipinski definition) is 0. The highest BCUT2D eigenvalue weighted by Crippen LogP contribution is 2.36. The van der Waals surface area contributed by atoms with Gasteiger partial charge in [0.25, 0.3) is 5.89 Å². The molecule has 0 unspecified atom stereocenters. The fourth-order valence-electron chi connectivity index (χ4n) is 5.73. The summed E-state index contributed by atoms with van der Waals surface area (Å²) < 4.78 is 35.7. The van der Waals surface area contributed by atoms with Crippen LogP contribution in [0.4, 0.5) is 4.39 Å². The van der Waals surface area contributed by atoms with E-state index in [1.807, 2.05) is 52.0 Å². The Balaban J connectivity index is 0.000000162. The van der Waals surface area contributed by atoms with Crippen molar-refractivity contribution in [2.45, 2.75) is 41.5 Å². The topological polar surface area (TPSA) is 125 Å². The van der Waals surface area contributed by atoms with Crippen LogP contribution in [0.15, 0.2) is 86.2 Å². The van der Waals surface area contributed by atoms with Crippen molar-refractivity contribution in [2.75, 3.05) is 0 Å². The van der Waals surface area contributed by atoms with Crippen LogP contribution in [-0.2, 0) is 0 Å². The minimum atomic E-state index is -0.554. The number of hydrogen-bond acceptors (Lipinski definition) is 10. The number of aromatic nitrogens is 4. The molecule has 4 aromatic heterocycles. The normalized spacial score (nSPS) is 11.2. The zero-order valence-corrected chi connectivity index (χ0v) is 30.5. The summed E-state index contributed by atoms with van der Waals surface area (Å²) in [6.07, 6.45) is 0. The molecule has 0 saturated heterocycles. The van der Waals surface area contributed by atoms with Crippen LogP contribution in [0.2, 0.25) is 5.02 Å². The van der Waals surface area contributed by atoms with Gasteiger partial charge in [0.1, 0.15) is 22.0 Å². The average molecular weight is 733 g/mol. The maximum Gasteiger partial charge on any atom is 0.293 e. The third-order valence-electron chi connectivity index (χ3n) is 8.72. The molecule has 0 bridgehead atoms. The summed E-state index contributed by atoms with van der Waals surface area (Å²) >= 11 is 7.42. The van der Waals surface area contributed by atoms with Gasteiger partial charge in [0.15, 0.2) is 23.1 Å². The fourth-order valence-corrected chi connectivity index (χ4v) is 6.66. The van der Waals surface area contributed by atoms with E-state index in [9.17, 15) is 14.0 Å². The van der Waals surface area contributed by atoms with Gasteiger partial charge in [0.2, 0.25) is 11.6 Å². The number of ketones is 2. The number of rotatable bonds is 6. The molecule has 0 aliphatic rings. The van der Waals surface area contributed by atoms with E-state index in [1.54, 1.807) is 30.3 Å². The van der Waals surface area contributed by atoms with Crippen LogP contribution < -0.4 is 0 Å². The second-order valence-electron chi connectivity index (χ2n) is 12.4. The average Bonchev–Trinajstić information content (AvgIpc) is 3.95. The number of carbonyl (C=O) groups excluding carboxylic acids is 2. The molecule has 4 heterocycles. The van der Waals surface area contributed by atoms with Crippen molar-refractivity contribution in [3.8, 4) is 45.2 Å². The standard InChI is InChI=1S/C20H15ClN2O3.C20H15FN2O2S/c1-10-8-16(21)11(2)15-9-17(25-18(10)15)20-22-19(23-26-20)14-6-4-13(5-7-14)12(3)24;1-10-4-5-11(2)18-15(10)9-17(25-18)19-22-20(26-23-19)13-6-7-14(12(3)24)16(21)8-13/h2*4-9H,1-3H3.